The summed E-state index contributed by atoms with van der Waals surface area (Å²) in [6, 6.07) is 2.22. The number of carbonyl (C=O) groups is 1. The van der Waals surface area contributed by atoms with E-state index in [2.05, 4.69) is 15.3 Å². The number of hydrogen-bond donors (Lipinski definition) is 6. The number of nitrogens with one attached hydrogen (secondary N) is 3. The summed E-state index contributed by atoms with van der Waals surface area (Å²) < 4.78 is 10.8. The third-order valence-electron chi connectivity index (χ3n) is 4.37. The van der Waals surface area contributed by atoms with Gasteiger partial charge in [-0.25, -0.2) is 0 Å². The van der Waals surface area contributed by atoms with E-state index in [-0.39, 0.29) is 34.7 Å². The molecule has 178 valence electrons. The first kappa shape index (κ1) is 27.2. The van der Waals surface area contributed by atoms with E-state index in [0.717, 1.165) is 37.8 Å². The molecule has 0 saturated carbocycles. The Bertz CT molecular complexity index is 1100. The minimum atomic E-state index is -4.29. The first-order valence-electron chi connectivity index (χ1n) is 9.81. The Morgan fingerprint density at radius 2 is 1.72 bits per heavy atom. The van der Waals surface area contributed by atoms with Crippen LogP contribution in [0, 0.1) is 16.0 Å². The highest BCUT2D eigenvalue weighted by Crippen LogP contribution is 2.32. The molecule has 0 amide bonds. The van der Waals surface area contributed by atoms with Crippen molar-refractivity contribution in [3.05, 3.63) is 48.5 Å². The normalized spacial score (nSPS) is 11.3. The molecular formula is C18H27N4O9P. The molecule has 0 fully saturated rings. The number of non-ortho nitro benzene ring substituents is 1. The maximum atomic E-state index is 11.4. The van der Waals surface area contributed by atoms with Crippen LogP contribution in [0.2, 0.25) is 0 Å². The number of nitro benzene ring substituents is 1. The molecule has 1 heterocycles. The molecule has 0 saturated heterocycles. The number of fused-ring (bicyclic) bond motifs is 1. The molecule has 0 aliphatic carbocycles. The van der Waals surface area contributed by atoms with E-state index >= 15 is 0 Å². The maximum Gasteiger partial charge on any atom is 0.339 e. The van der Waals surface area contributed by atoms with Gasteiger partial charge in [0.1, 0.15) is 0 Å². The molecule has 0 unspecified atom stereocenters. The molecule has 0 bridgehead atoms. The summed E-state index contributed by atoms with van der Waals surface area (Å²) in [7, 11) is -4.29. The average Bonchev–Trinajstić information content (AvgIpc) is 2.68. The summed E-state index contributed by atoms with van der Waals surface area (Å²) in [6.07, 6.45) is 2.95. The summed E-state index contributed by atoms with van der Waals surface area (Å²) in [6.45, 7) is 3.89. The summed E-state index contributed by atoms with van der Waals surface area (Å²) in [5.41, 5.74) is -1.81. The SMILES string of the molecule is CCCC(CCC)C(=O)O.O=c1[nH]c2cc([N+](=O)[O-])cc(CNCP(=O)(O)O)c2[nH]c1=O. The minimum absolute atomic E-state index is 0.0479. The molecule has 2 aromatic rings. The Kier molecular flexibility index (Phi) is 10.4. The molecule has 0 aliphatic heterocycles. The van der Waals surface area contributed by atoms with Crippen molar-refractivity contribution in [2.45, 2.75) is 46.1 Å². The number of carboxylic acid groups (broad SMARTS) is 1. The van der Waals surface area contributed by atoms with Gasteiger partial charge in [-0.1, -0.05) is 26.7 Å². The van der Waals surface area contributed by atoms with Gasteiger partial charge in [-0.2, -0.15) is 0 Å². The Labute approximate surface area is 182 Å². The van der Waals surface area contributed by atoms with Gasteiger partial charge in [0.2, 0.25) is 0 Å². The van der Waals surface area contributed by atoms with E-state index in [1.54, 1.807) is 0 Å². The molecule has 1 aromatic carbocycles. The van der Waals surface area contributed by atoms with E-state index in [9.17, 15) is 29.1 Å². The van der Waals surface area contributed by atoms with Gasteiger partial charge in [-0.3, -0.25) is 29.1 Å². The lowest BCUT2D eigenvalue weighted by molar-refractivity contribution is -0.384. The van der Waals surface area contributed by atoms with E-state index in [0.29, 0.717) is 0 Å². The van der Waals surface area contributed by atoms with Crippen LogP contribution in [0.3, 0.4) is 0 Å². The Hall–Kier alpha value is -2.86. The van der Waals surface area contributed by atoms with Crippen LogP contribution in [0.1, 0.15) is 45.1 Å². The van der Waals surface area contributed by atoms with Crippen molar-refractivity contribution < 1.29 is 29.2 Å². The van der Waals surface area contributed by atoms with Crippen LogP contribution in [0.4, 0.5) is 5.69 Å². The second kappa shape index (κ2) is 12.2. The van der Waals surface area contributed by atoms with Crippen LogP contribution in [0.15, 0.2) is 21.7 Å². The number of aliphatic carboxylic acids is 1. The van der Waals surface area contributed by atoms with Gasteiger partial charge < -0.3 is 30.2 Å². The fraction of sp³-hybridized carbons (Fsp3) is 0.500. The second-order valence-corrected chi connectivity index (χ2v) is 8.70. The largest absolute Gasteiger partial charge is 0.481 e. The zero-order valence-corrected chi connectivity index (χ0v) is 18.6. The van der Waals surface area contributed by atoms with Crippen molar-refractivity contribution in [1.29, 1.82) is 0 Å². The molecule has 13 nitrogen and oxygen atoms in total. The second-order valence-electron chi connectivity index (χ2n) is 7.05. The molecule has 0 spiro atoms. The number of rotatable bonds is 10. The highest BCUT2D eigenvalue weighted by atomic mass is 31.2. The Morgan fingerprint density at radius 1 is 1.16 bits per heavy atom. The summed E-state index contributed by atoms with van der Waals surface area (Å²) in [5, 5.41) is 21.9. The lowest BCUT2D eigenvalue weighted by Crippen LogP contribution is -2.29. The van der Waals surface area contributed by atoms with Crippen LogP contribution >= 0.6 is 7.60 Å². The van der Waals surface area contributed by atoms with Crippen molar-refractivity contribution in [1.82, 2.24) is 15.3 Å². The van der Waals surface area contributed by atoms with Crippen LogP contribution in [-0.2, 0) is 15.9 Å². The molecule has 32 heavy (non-hydrogen) atoms. The number of nitrogens with zero attached hydrogens (tertiary/aromatic N) is 1. The lowest BCUT2D eigenvalue weighted by atomic mass is 9.99. The van der Waals surface area contributed by atoms with Gasteiger partial charge in [0.15, 0.2) is 0 Å². The third-order valence-corrected chi connectivity index (χ3v) is 5.00. The monoisotopic (exact) mass is 474 g/mol. The maximum absolute atomic E-state index is 11.4. The van der Waals surface area contributed by atoms with E-state index in [4.69, 9.17) is 14.9 Å². The predicted molar refractivity (Wildman–Crippen MR) is 117 cm³/mol. The van der Waals surface area contributed by atoms with Crippen LogP contribution in [0.5, 0.6) is 0 Å². The highest BCUT2D eigenvalue weighted by molar-refractivity contribution is 7.51. The van der Waals surface area contributed by atoms with E-state index in [1.807, 2.05) is 13.8 Å². The quantitative estimate of drug-likeness (QED) is 0.127. The number of aromatic amines is 2. The van der Waals surface area contributed by atoms with Crippen LogP contribution in [0.25, 0.3) is 11.0 Å². The zero-order chi connectivity index (χ0) is 24.5. The smallest absolute Gasteiger partial charge is 0.339 e. The van der Waals surface area contributed by atoms with Crippen molar-refractivity contribution >= 4 is 30.3 Å². The van der Waals surface area contributed by atoms with Crippen LogP contribution in [-0.4, -0.2) is 42.0 Å². The van der Waals surface area contributed by atoms with Crippen molar-refractivity contribution in [2.75, 3.05) is 6.29 Å². The molecule has 0 radical (unpaired) electrons. The summed E-state index contributed by atoms with van der Waals surface area (Å²) in [5.74, 6) is -0.737. The molecule has 0 aliphatic rings. The molecule has 2 rings (SSSR count). The topological polar surface area (TPSA) is 216 Å². The number of aromatic nitrogens is 2. The molecular weight excluding hydrogens is 447 g/mol. The van der Waals surface area contributed by atoms with Crippen molar-refractivity contribution in [3.63, 3.8) is 0 Å². The van der Waals surface area contributed by atoms with Gasteiger partial charge in [0.25, 0.3) is 5.69 Å². The highest BCUT2D eigenvalue weighted by Gasteiger charge is 2.16. The van der Waals surface area contributed by atoms with Gasteiger partial charge in [-0.05, 0) is 18.4 Å². The molecule has 14 heteroatoms. The average molecular weight is 474 g/mol. The number of hydrogen-bond acceptors (Lipinski definition) is 7. The lowest BCUT2D eigenvalue weighted by Gasteiger charge is -2.09. The van der Waals surface area contributed by atoms with E-state index in [1.165, 1.54) is 0 Å². The van der Waals surface area contributed by atoms with Crippen molar-refractivity contribution in [3.8, 4) is 0 Å². The summed E-state index contributed by atoms with van der Waals surface area (Å²) in [4.78, 5) is 65.3. The molecule has 6 N–H and O–H groups in total. The standard InChI is InChI=1S/C10H11N4O7P.C8H16O2/c15-9-10(16)13-8-5(3-11-4-22(19,20)21)1-6(14(17)18)2-7(8)12-9;1-3-5-7(6-4-2)8(9)10/h1-2,11H,3-4H2,(H,12,15)(H,13,16)(H2,19,20,21);7H,3-6H2,1-2H3,(H,9,10). The Morgan fingerprint density at radius 3 is 2.19 bits per heavy atom. The number of H-pyrrole nitrogens is 2. The fourth-order valence-corrected chi connectivity index (χ4v) is 3.35. The minimum Gasteiger partial charge on any atom is -0.481 e. The fourth-order valence-electron chi connectivity index (χ4n) is 2.95. The van der Waals surface area contributed by atoms with Crippen LogP contribution < -0.4 is 16.4 Å². The number of carboxylic acids is 1. The first-order valence-corrected chi connectivity index (χ1v) is 11.6. The molecule has 1 aromatic heterocycles. The predicted octanol–water partition coefficient (Wildman–Crippen LogP) is 1.64. The zero-order valence-electron chi connectivity index (χ0n) is 17.7. The number of benzene rings is 1. The number of nitro groups is 1. The van der Waals surface area contributed by atoms with Gasteiger partial charge in [-0.15, -0.1) is 0 Å². The Balaban J connectivity index is 0.000000433. The summed E-state index contributed by atoms with van der Waals surface area (Å²) >= 11 is 0. The van der Waals surface area contributed by atoms with Gasteiger partial charge >= 0.3 is 24.7 Å². The first-order chi connectivity index (χ1) is 14.9. The van der Waals surface area contributed by atoms with Gasteiger partial charge in [0.05, 0.1) is 28.2 Å². The van der Waals surface area contributed by atoms with Gasteiger partial charge in [0, 0.05) is 18.7 Å². The molecule has 0 atom stereocenters. The van der Waals surface area contributed by atoms with Crippen molar-refractivity contribution in [2.24, 2.45) is 5.92 Å². The van der Waals surface area contributed by atoms with E-state index < -0.39 is 35.9 Å². The third kappa shape index (κ3) is 8.71.